The molecule has 1 aromatic heterocycles. The van der Waals surface area contributed by atoms with Gasteiger partial charge in [-0.2, -0.15) is 4.72 Å². The van der Waals surface area contributed by atoms with E-state index in [0.29, 0.717) is 30.8 Å². The zero-order valence-corrected chi connectivity index (χ0v) is 22.4. The Morgan fingerprint density at radius 3 is 2.62 bits per heavy atom. The van der Waals surface area contributed by atoms with Crippen molar-refractivity contribution < 1.29 is 18.3 Å². The van der Waals surface area contributed by atoms with Gasteiger partial charge in [0.05, 0.1) is 4.90 Å². The van der Waals surface area contributed by atoms with Crippen LogP contribution in [0.15, 0.2) is 59.6 Å². The summed E-state index contributed by atoms with van der Waals surface area (Å²) in [5.41, 5.74) is 1.24. The van der Waals surface area contributed by atoms with Crippen LogP contribution >= 0.6 is 0 Å². The molecule has 3 aromatic rings. The number of hydrogen-bond donors (Lipinski definition) is 3. The topological polar surface area (TPSA) is 102 Å². The van der Waals surface area contributed by atoms with Crippen molar-refractivity contribution in [3.8, 4) is 11.8 Å². The number of carbonyl (C=O) groups excluding carboxylic acids is 1. The average Bonchev–Trinajstić information content (AvgIpc) is 3.34. The van der Waals surface area contributed by atoms with Crippen molar-refractivity contribution in [3.63, 3.8) is 0 Å². The van der Waals surface area contributed by atoms with Gasteiger partial charge in [-0.15, -0.1) is 0 Å². The molecular formula is C29H35N3O4S. The third-order valence-electron chi connectivity index (χ3n) is 6.76. The number of hydrogen-bond acceptors (Lipinski definition) is 4. The van der Waals surface area contributed by atoms with Gasteiger partial charge in [0, 0.05) is 35.8 Å². The lowest BCUT2D eigenvalue weighted by Crippen LogP contribution is -2.50. The largest absolute Gasteiger partial charge is 0.378 e. The lowest BCUT2D eigenvalue weighted by molar-refractivity contribution is -0.134. The Kier molecular flexibility index (Phi) is 8.08. The number of nitrogens with zero attached hydrogens (tertiary/aromatic N) is 1. The van der Waals surface area contributed by atoms with Crippen LogP contribution in [-0.2, 0) is 21.2 Å². The third kappa shape index (κ3) is 6.80. The number of fused-ring (bicyclic) bond motifs is 1. The first-order chi connectivity index (χ1) is 17.5. The lowest BCUT2D eigenvalue weighted by Gasteiger charge is -2.33. The maximum atomic E-state index is 13.6. The number of likely N-dealkylation sites (tertiary alicyclic amines) is 1. The number of benzene rings is 2. The number of aryl methyl sites for hydroxylation is 1. The van der Waals surface area contributed by atoms with E-state index in [2.05, 4.69) is 28.5 Å². The van der Waals surface area contributed by atoms with E-state index in [4.69, 9.17) is 0 Å². The summed E-state index contributed by atoms with van der Waals surface area (Å²) in [6.07, 6.45) is 4.25. The first-order valence-electron chi connectivity index (χ1n) is 12.7. The molecule has 8 heteroatoms. The molecule has 0 spiro atoms. The molecule has 0 aliphatic carbocycles. The van der Waals surface area contributed by atoms with Gasteiger partial charge in [-0.25, -0.2) is 8.42 Å². The van der Waals surface area contributed by atoms with Crippen molar-refractivity contribution in [1.29, 1.82) is 0 Å². The molecule has 1 aliphatic heterocycles. The number of piperidine rings is 1. The molecule has 2 heterocycles. The second-order valence-electron chi connectivity index (χ2n) is 10.4. The molecule has 1 atom stereocenters. The van der Waals surface area contributed by atoms with E-state index in [1.807, 2.05) is 30.3 Å². The SMILES string of the molecule is CC1CCN(C(=O)C(CCc2ccccc2C#CC(C)(C)O)NS(=O)(=O)c2cccc3[nH]ccc23)CC1. The number of aromatic nitrogens is 1. The first kappa shape index (κ1) is 26.9. The smallest absolute Gasteiger partial charge is 0.241 e. The monoisotopic (exact) mass is 521 g/mol. The van der Waals surface area contributed by atoms with Gasteiger partial charge in [0.1, 0.15) is 11.6 Å². The highest BCUT2D eigenvalue weighted by Crippen LogP contribution is 2.24. The van der Waals surface area contributed by atoms with Crippen LogP contribution in [0.5, 0.6) is 0 Å². The molecule has 196 valence electrons. The minimum Gasteiger partial charge on any atom is -0.378 e. The summed E-state index contributed by atoms with van der Waals surface area (Å²) in [6, 6.07) is 13.4. The van der Waals surface area contributed by atoms with Gasteiger partial charge in [0.25, 0.3) is 0 Å². The Hall–Kier alpha value is -3.12. The van der Waals surface area contributed by atoms with E-state index in [0.717, 1.165) is 29.5 Å². The van der Waals surface area contributed by atoms with Crippen LogP contribution < -0.4 is 4.72 Å². The maximum absolute atomic E-state index is 13.6. The molecule has 1 saturated heterocycles. The van der Waals surface area contributed by atoms with Crippen molar-refractivity contribution >= 4 is 26.8 Å². The van der Waals surface area contributed by atoms with Crippen molar-refractivity contribution in [2.75, 3.05) is 13.1 Å². The highest BCUT2D eigenvalue weighted by molar-refractivity contribution is 7.89. The quantitative estimate of drug-likeness (QED) is 0.411. The van der Waals surface area contributed by atoms with E-state index in [1.54, 1.807) is 43.1 Å². The Morgan fingerprint density at radius 1 is 1.16 bits per heavy atom. The predicted molar refractivity (Wildman–Crippen MR) is 145 cm³/mol. The fraction of sp³-hybridized carbons (Fsp3) is 0.414. The summed E-state index contributed by atoms with van der Waals surface area (Å²) in [6.45, 7) is 6.66. The number of aromatic amines is 1. The second kappa shape index (κ2) is 11.1. The van der Waals surface area contributed by atoms with Gasteiger partial charge in [-0.3, -0.25) is 4.79 Å². The van der Waals surface area contributed by atoms with Gasteiger partial charge in [-0.1, -0.05) is 43.0 Å². The van der Waals surface area contributed by atoms with E-state index in [9.17, 15) is 18.3 Å². The van der Waals surface area contributed by atoms with Crippen LogP contribution in [0.3, 0.4) is 0 Å². The zero-order chi connectivity index (χ0) is 26.6. The minimum absolute atomic E-state index is 0.146. The number of amides is 1. The van der Waals surface area contributed by atoms with E-state index in [-0.39, 0.29) is 17.2 Å². The zero-order valence-electron chi connectivity index (χ0n) is 21.6. The number of rotatable bonds is 7. The fourth-order valence-electron chi connectivity index (χ4n) is 4.60. The maximum Gasteiger partial charge on any atom is 0.241 e. The second-order valence-corrected chi connectivity index (χ2v) is 12.1. The molecule has 37 heavy (non-hydrogen) atoms. The normalized spacial score (nSPS) is 15.8. The highest BCUT2D eigenvalue weighted by atomic mass is 32.2. The standard InChI is InChI=1S/C29H35N3O4S/c1-21-15-19-32(20-16-21)28(33)26(12-11-22-7-4-5-8-23(22)13-17-29(2,3)34)31-37(35,36)27-10-6-9-25-24(27)14-18-30-25/h4-10,14,18,21,26,30-31,34H,11-12,15-16,19-20H2,1-3H3. The van der Waals surface area contributed by atoms with Crippen LogP contribution in [0, 0.1) is 17.8 Å². The summed E-state index contributed by atoms with van der Waals surface area (Å²) in [7, 11) is -3.97. The molecule has 1 unspecified atom stereocenters. The van der Waals surface area contributed by atoms with E-state index < -0.39 is 21.7 Å². The molecule has 0 bridgehead atoms. The van der Waals surface area contributed by atoms with Crippen LogP contribution in [0.2, 0.25) is 0 Å². The first-order valence-corrected chi connectivity index (χ1v) is 14.2. The lowest BCUT2D eigenvalue weighted by atomic mass is 9.97. The third-order valence-corrected chi connectivity index (χ3v) is 8.29. The number of carbonyl (C=O) groups is 1. The summed E-state index contributed by atoms with van der Waals surface area (Å²) >= 11 is 0. The fourth-order valence-corrected chi connectivity index (χ4v) is 6.05. The van der Waals surface area contributed by atoms with Gasteiger partial charge in [-0.05, 0) is 75.3 Å². The molecule has 4 rings (SSSR count). The number of aliphatic hydroxyl groups is 1. The highest BCUT2D eigenvalue weighted by Gasteiger charge is 2.31. The van der Waals surface area contributed by atoms with Crippen molar-refractivity contribution in [2.45, 2.75) is 63.0 Å². The van der Waals surface area contributed by atoms with Crippen LogP contribution in [0.25, 0.3) is 10.9 Å². The molecule has 1 fully saturated rings. The molecule has 1 aliphatic rings. The molecular weight excluding hydrogens is 486 g/mol. The Morgan fingerprint density at radius 2 is 1.89 bits per heavy atom. The summed E-state index contributed by atoms with van der Waals surface area (Å²) in [4.78, 5) is 18.6. The molecule has 7 nitrogen and oxygen atoms in total. The molecule has 0 radical (unpaired) electrons. The van der Waals surface area contributed by atoms with Crippen molar-refractivity contribution in [1.82, 2.24) is 14.6 Å². The summed E-state index contributed by atoms with van der Waals surface area (Å²) < 4.78 is 29.8. The number of H-pyrrole nitrogens is 1. The molecule has 1 amide bonds. The van der Waals surface area contributed by atoms with E-state index in [1.165, 1.54) is 0 Å². The molecule has 3 N–H and O–H groups in total. The Balaban J connectivity index is 1.61. The van der Waals surface area contributed by atoms with Gasteiger partial charge < -0.3 is 15.0 Å². The Labute approximate surface area is 219 Å². The van der Waals surface area contributed by atoms with Gasteiger partial charge >= 0.3 is 0 Å². The number of nitrogens with one attached hydrogen (secondary N) is 2. The summed E-state index contributed by atoms with van der Waals surface area (Å²) in [5.74, 6) is 6.21. The van der Waals surface area contributed by atoms with Crippen LogP contribution in [0.4, 0.5) is 0 Å². The van der Waals surface area contributed by atoms with Crippen LogP contribution in [-0.4, -0.2) is 54.0 Å². The summed E-state index contributed by atoms with van der Waals surface area (Å²) in [5, 5.41) is 10.6. The Bertz CT molecular complexity index is 1420. The molecule has 2 aromatic carbocycles. The van der Waals surface area contributed by atoms with Gasteiger partial charge in [0.15, 0.2) is 0 Å². The van der Waals surface area contributed by atoms with Crippen LogP contribution in [0.1, 0.15) is 51.2 Å². The van der Waals surface area contributed by atoms with Gasteiger partial charge in [0.2, 0.25) is 15.9 Å². The van der Waals surface area contributed by atoms with E-state index >= 15 is 0 Å². The molecule has 0 saturated carbocycles. The van der Waals surface area contributed by atoms with Crippen molar-refractivity contribution in [2.24, 2.45) is 5.92 Å². The average molecular weight is 522 g/mol. The number of sulfonamides is 1. The van der Waals surface area contributed by atoms with Crippen molar-refractivity contribution in [3.05, 3.63) is 65.9 Å². The predicted octanol–water partition coefficient (Wildman–Crippen LogP) is 3.83. The minimum atomic E-state index is -3.97.